The molecule has 0 aromatic heterocycles. The van der Waals surface area contributed by atoms with E-state index in [-0.39, 0.29) is 17.9 Å². The first kappa shape index (κ1) is 11.5. The zero-order valence-electron chi connectivity index (χ0n) is 9.23. The maximum Gasteiger partial charge on any atom is 0.230 e. The highest BCUT2D eigenvalue weighted by molar-refractivity contribution is 5.82. The van der Waals surface area contributed by atoms with Crippen LogP contribution in [0.25, 0.3) is 0 Å². The quantitative estimate of drug-likeness (QED) is 0.727. The number of carbonyl (C=O) groups is 1. The Morgan fingerprint density at radius 3 is 2.57 bits per heavy atom. The van der Waals surface area contributed by atoms with Gasteiger partial charge >= 0.3 is 0 Å². The van der Waals surface area contributed by atoms with E-state index >= 15 is 0 Å². The minimum atomic E-state index is -0.704. The number of aliphatic hydroxyl groups excluding tert-OH is 1. The van der Waals surface area contributed by atoms with Crippen molar-refractivity contribution in [2.24, 2.45) is 5.92 Å². The van der Waals surface area contributed by atoms with Gasteiger partial charge in [-0.05, 0) is 20.8 Å². The average Bonchev–Trinajstić information content (AvgIpc) is 2.32. The number of carbonyl (C=O) groups excluding carboxylic acids is 1. The van der Waals surface area contributed by atoms with E-state index in [2.05, 4.69) is 0 Å². The molecule has 0 unspecified atom stereocenters. The van der Waals surface area contributed by atoms with Gasteiger partial charge in [0, 0.05) is 12.6 Å². The molecule has 0 spiro atoms. The van der Waals surface area contributed by atoms with Crippen LogP contribution in [-0.4, -0.2) is 40.9 Å². The smallest absolute Gasteiger partial charge is 0.230 e. The van der Waals surface area contributed by atoms with Crippen molar-refractivity contribution in [2.75, 3.05) is 6.61 Å². The zero-order chi connectivity index (χ0) is 10.9. The molecule has 0 aliphatic carbocycles. The number of hydrogen-bond acceptors (Lipinski definition) is 3. The van der Waals surface area contributed by atoms with Crippen molar-refractivity contribution in [3.63, 3.8) is 0 Å². The Kier molecular flexibility index (Phi) is 3.50. The molecule has 0 bridgehead atoms. The van der Waals surface area contributed by atoms with E-state index in [9.17, 15) is 9.90 Å². The monoisotopic (exact) mass is 201 g/mol. The summed E-state index contributed by atoms with van der Waals surface area (Å²) in [5.41, 5.74) is 0. The Morgan fingerprint density at radius 2 is 2.14 bits per heavy atom. The van der Waals surface area contributed by atoms with Crippen LogP contribution in [-0.2, 0) is 9.53 Å². The fraction of sp³-hybridized carbons (Fsp3) is 0.900. The van der Waals surface area contributed by atoms with E-state index in [4.69, 9.17) is 4.74 Å². The summed E-state index contributed by atoms with van der Waals surface area (Å²) in [6, 6.07) is 0.0682. The topological polar surface area (TPSA) is 49.8 Å². The van der Waals surface area contributed by atoms with E-state index in [1.807, 2.05) is 20.8 Å². The minimum Gasteiger partial charge on any atom is -0.388 e. The molecule has 1 fully saturated rings. The van der Waals surface area contributed by atoms with Crippen molar-refractivity contribution in [2.45, 2.75) is 46.1 Å². The lowest BCUT2D eigenvalue weighted by molar-refractivity contribution is -0.142. The summed E-state index contributed by atoms with van der Waals surface area (Å²) >= 11 is 0. The van der Waals surface area contributed by atoms with Gasteiger partial charge in [0.05, 0.1) is 5.92 Å². The molecule has 1 amide bonds. The molecule has 4 nitrogen and oxygen atoms in total. The van der Waals surface area contributed by atoms with Crippen LogP contribution in [0.4, 0.5) is 0 Å². The number of amides is 1. The van der Waals surface area contributed by atoms with Gasteiger partial charge in [-0.2, -0.15) is 0 Å². The van der Waals surface area contributed by atoms with E-state index < -0.39 is 12.3 Å². The minimum absolute atomic E-state index is 0.0223. The van der Waals surface area contributed by atoms with Gasteiger partial charge in [-0.15, -0.1) is 0 Å². The Balaban J connectivity index is 2.83. The lowest BCUT2D eigenvalue weighted by Crippen LogP contribution is -2.43. The number of nitrogens with zero attached hydrogens (tertiary/aromatic N) is 1. The van der Waals surface area contributed by atoms with Crippen LogP contribution < -0.4 is 0 Å². The maximum atomic E-state index is 11.7. The van der Waals surface area contributed by atoms with Gasteiger partial charge in [0.1, 0.15) is 6.10 Å². The molecule has 0 saturated carbocycles. The van der Waals surface area contributed by atoms with E-state index in [0.29, 0.717) is 6.61 Å². The molecule has 4 heteroatoms. The SMILES string of the molecule is CCO[C@@H]1[C@@H](O)[C@H](C)C(=O)N1C(C)C. The lowest BCUT2D eigenvalue weighted by Gasteiger charge is -2.29. The fourth-order valence-corrected chi connectivity index (χ4v) is 1.82. The zero-order valence-corrected chi connectivity index (χ0v) is 9.23. The number of ether oxygens (including phenoxy) is 1. The molecule has 1 N–H and O–H groups in total. The van der Waals surface area contributed by atoms with E-state index in [1.54, 1.807) is 11.8 Å². The van der Waals surface area contributed by atoms with Crippen molar-refractivity contribution < 1.29 is 14.6 Å². The molecule has 1 aliphatic heterocycles. The molecule has 0 radical (unpaired) electrons. The number of hydrogen-bond donors (Lipinski definition) is 1. The molecular weight excluding hydrogens is 182 g/mol. The number of likely N-dealkylation sites (tertiary alicyclic amines) is 1. The van der Waals surface area contributed by atoms with Crippen molar-refractivity contribution in [1.82, 2.24) is 4.90 Å². The Labute approximate surface area is 84.8 Å². The summed E-state index contributed by atoms with van der Waals surface area (Å²) in [4.78, 5) is 13.4. The van der Waals surface area contributed by atoms with Crippen LogP contribution in [0, 0.1) is 5.92 Å². The normalized spacial score (nSPS) is 33.1. The fourth-order valence-electron chi connectivity index (χ4n) is 1.82. The number of rotatable bonds is 3. The molecular formula is C10H19NO3. The molecule has 0 aromatic carbocycles. The van der Waals surface area contributed by atoms with Gasteiger partial charge in [-0.25, -0.2) is 0 Å². The summed E-state index contributed by atoms with van der Waals surface area (Å²) in [5.74, 6) is -0.375. The summed E-state index contributed by atoms with van der Waals surface area (Å²) in [6.07, 6.45) is -1.17. The molecule has 1 saturated heterocycles. The molecule has 3 atom stereocenters. The Morgan fingerprint density at radius 1 is 1.57 bits per heavy atom. The second-order valence-corrected chi connectivity index (χ2v) is 3.96. The largest absolute Gasteiger partial charge is 0.388 e. The predicted molar refractivity (Wildman–Crippen MR) is 52.6 cm³/mol. The summed E-state index contributed by atoms with van der Waals surface area (Å²) in [5, 5.41) is 9.79. The highest BCUT2D eigenvalue weighted by atomic mass is 16.5. The van der Waals surface area contributed by atoms with E-state index in [1.165, 1.54) is 0 Å². The van der Waals surface area contributed by atoms with Gasteiger partial charge in [0.15, 0.2) is 6.23 Å². The third-order valence-corrected chi connectivity index (χ3v) is 2.62. The van der Waals surface area contributed by atoms with Crippen LogP contribution in [0.1, 0.15) is 27.7 Å². The second kappa shape index (κ2) is 4.28. The molecule has 0 aromatic rings. The van der Waals surface area contributed by atoms with Crippen molar-refractivity contribution in [3.05, 3.63) is 0 Å². The number of aliphatic hydroxyl groups is 1. The van der Waals surface area contributed by atoms with Crippen LogP contribution in [0.5, 0.6) is 0 Å². The summed E-state index contributed by atoms with van der Waals surface area (Å²) in [7, 11) is 0. The molecule has 14 heavy (non-hydrogen) atoms. The summed E-state index contributed by atoms with van der Waals surface area (Å²) in [6.45, 7) is 7.95. The molecule has 1 heterocycles. The third-order valence-electron chi connectivity index (χ3n) is 2.62. The van der Waals surface area contributed by atoms with Gasteiger partial charge in [0.25, 0.3) is 0 Å². The van der Waals surface area contributed by atoms with Crippen molar-refractivity contribution in [3.8, 4) is 0 Å². The van der Waals surface area contributed by atoms with Crippen molar-refractivity contribution in [1.29, 1.82) is 0 Å². The van der Waals surface area contributed by atoms with Crippen LogP contribution in [0.3, 0.4) is 0 Å². The Hall–Kier alpha value is -0.610. The molecule has 82 valence electrons. The van der Waals surface area contributed by atoms with Crippen LogP contribution in [0.2, 0.25) is 0 Å². The first-order chi connectivity index (χ1) is 6.50. The predicted octanol–water partition coefficient (Wildman–Crippen LogP) is 0.597. The highest BCUT2D eigenvalue weighted by Crippen LogP contribution is 2.27. The lowest BCUT2D eigenvalue weighted by atomic mass is 10.1. The Bertz CT molecular complexity index is 217. The standard InChI is InChI=1S/C10H19NO3/c1-5-14-10-8(12)7(4)9(13)11(10)6(2)3/h6-8,10,12H,5H2,1-4H3/t7-,8-,10+/m0/s1. The summed E-state index contributed by atoms with van der Waals surface area (Å²) < 4.78 is 5.38. The van der Waals surface area contributed by atoms with Crippen LogP contribution in [0.15, 0.2) is 0 Å². The first-order valence-electron chi connectivity index (χ1n) is 5.12. The highest BCUT2D eigenvalue weighted by Gasteiger charge is 2.46. The maximum absolute atomic E-state index is 11.7. The van der Waals surface area contributed by atoms with Crippen LogP contribution >= 0.6 is 0 Å². The van der Waals surface area contributed by atoms with Crippen molar-refractivity contribution >= 4 is 5.91 Å². The van der Waals surface area contributed by atoms with Gasteiger partial charge in [-0.3, -0.25) is 4.79 Å². The van der Waals surface area contributed by atoms with Gasteiger partial charge in [0.2, 0.25) is 5.91 Å². The molecule has 1 rings (SSSR count). The molecule has 1 aliphatic rings. The van der Waals surface area contributed by atoms with E-state index in [0.717, 1.165) is 0 Å². The first-order valence-corrected chi connectivity index (χ1v) is 5.12. The van der Waals surface area contributed by atoms with Gasteiger partial charge < -0.3 is 14.7 Å². The second-order valence-electron chi connectivity index (χ2n) is 3.96. The average molecular weight is 201 g/mol. The van der Waals surface area contributed by atoms with Gasteiger partial charge in [-0.1, -0.05) is 6.92 Å². The third kappa shape index (κ3) is 1.77.